The Kier molecular flexibility index (Phi) is 8.71. The summed E-state index contributed by atoms with van der Waals surface area (Å²) in [4.78, 5) is 16.9. The number of Topliss-reactive ketones (excluding diaryl/α,β-unsaturated/α-hetero) is 1. The standard InChI is InChI=1S/C44H50F3NO5/c1-39-16-13-32(50)22-41(39)19-20-43(35(23-41)38(52)29-9-6-11-31(21-29)44(45,46)47)36(39)14-17-40(2)37(43)15-18-42(40,53)27-48(25-33(51)26-49)24-30-10-5-8-28-7-3-4-12-34(28)30/h3-12,19-21,23,32-33,36-37,49-51,53H,13-18,22,24-27H2,1-2H3/t32?,33-,36+,37+,39+,40-,41-,42+,43+/m0/s1. The molecule has 9 atom stereocenters. The van der Waals surface area contributed by atoms with E-state index in [0.29, 0.717) is 50.6 Å². The maximum Gasteiger partial charge on any atom is 0.416 e. The van der Waals surface area contributed by atoms with E-state index in [1.807, 2.05) is 35.2 Å². The van der Waals surface area contributed by atoms with Crippen LogP contribution in [0.5, 0.6) is 0 Å². The number of carbonyl (C=O) groups excluding carboxylic acids is 1. The smallest absolute Gasteiger partial charge is 0.394 e. The van der Waals surface area contributed by atoms with Gasteiger partial charge in [0.05, 0.1) is 30.0 Å². The van der Waals surface area contributed by atoms with Crippen molar-refractivity contribution in [1.29, 1.82) is 0 Å². The monoisotopic (exact) mass is 729 g/mol. The Hall–Kier alpha value is -3.34. The number of aliphatic hydroxyl groups excluding tert-OH is 3. The summed E-state index contributed by atoms with van der Waals surface area (Å²) < 4.78 is 41.7. The van der Waals surface area contributed by atoms with Crippen LogP contribution in [0.1, 0.15) is 80.3 Å². The number of alkyl halides is 3. The molecule has 6 nitrogen and oxygen atoms in total. The van der Waals surface area contributed by atoms with E-state index in [0.717, 1.165) is 34.9 Å². The molecule has 6 aliphatic rings. The summed E-state index contributed by atoms with van der Waals surface area (Å²) in [5, 5.41) is 46.8. The zero-order valence-corrected chi connectivity index (χ0v) is 30.4. The molecule has 282 valence electrons. The van der Waals surface area contributed by atoms with Gasteiger partial charge in [0, 0.05) is 47.0 Å². The zero-order valence-electron chi connectivity index (χ0n) is 30.4. The molecule has 2 bridgehead atoms. The predicted octanol–water partition coefficient (Wildman–Crippen LogP) is 7.49. The third kappa shape index (κ3) is 5.43. The van der Waals surface area contributed by atoms with Crippen LogP contribution in [0.3, 0.4) is 0 Å². The number of halogens is 3. The first kappa shape index (κ1) is 36.6. The van der Waals surface area contributed by atoms with Gasteiger partial charge in [-0.3, -0.25) is 9.69 Å². The van der Waals surface area contributed by atoms with Crippen molar-refractivity contribution in [3.8, 4) is 0 Å². The number of nitrogens with zero attached hydrogens (tertiary/aromatic N) is 1. The van der Waals surface area contributed by atoms with E-state index < -0.39 is 58.2 Å². The molecule has 4 N–H and O–H groups in total. The maximum atomic E-state index is 14.8. The molecule has 9 heteroatoms. The van der Waals surface area contributed by atoms with Crippen molar-refractivity contribution in [1.82, 2.24) is 4.90 Å². The number of allylic oxidation sites excluding steroid dienone is 4. The summed E-state index contributed by atoms with van der Waals surface area (Å²) in [5.74, 6) is -0.624. The van der Waals surface area contributed by atoms with Crippen LogP contribution in [0, 0.1) is 33.5 Å². The Morgan fingerprint density at radius 2 is 1.62 bits per heavy atom. The van der Waals surface area contributed by atoms with Crippen molar-refractivity contribution in [2.24, 2.45) is 33.5 Å². The highest BCUT2D eigenvalue weighted by Crippen LogP contribution is 2.78. The van der Waals surface area contributed by atoms with Gasteiger partial charge in [-0.1, -0.05) is 86.7 Å². The van der Waals surface area contributed by atoms with E-state index in [1.165, 1.54) is 12.1 Å². The number of benzene rings is 3. The van der Waals surface area contributed by atoms with Crippen LogP contribution in [0.2, 0.25) is 0 Å². The topological polar surface area (TPSA) is 101 Å². The minimum atomic E-state index is -4.60. The summed E-state index contributed by atoms with van der Waals surface area (Å²) in [6.07, 6.45) is 4.52. The van der Waals surface area contributed by atoms with Gasteiger partial charge in [-0.05, 0) is 90.7 Å². The highest BCUT2D eigenvalue weighted by Gasteiger charge is 2.74. The van der Waals surface area contributed by atoms with E-state index in [9.17, 15) is 38.4 Å². The Bertz CT molecular complexity index is 1990. The van der Waals surface area contributed by atoms with Gasteiger partial charge in [-0.15, -0.1) is 0 Å². The molecule has 0 saturated heterocycles. The van der Waals surface area contributed by atoms with Crippen molar-refractivity contribution in [2.45, 2.75) is 89.3 Å². The molecule has 3 aromatic carbocycles. The lowest BCUT2D eigenvalue weighted by molar-refractivity contribution is -0.177. The number of hydrogen-bond donors (Lipinski definition) is 4. The van der Waals surface area contributed by atoms with Crippen LogP contribution >= 0.6 is 0 Å². The van der Waals surface area contributed by atoms with E-state index >= 15 is 0 Å². The van der Waals surface area contributed by atoms with Crippen LogP contribution in [0.25, 0.3) is 10.8 Å². The number of rotatable bonds is 9. The van der Waals surface area contributed by atoms with Gasteiger partial charge in [0.1, 0.15) is 0 Å². The number of aliphatic hydroxyl groups is 4. The molecule has 53 heavy (non-hydrogen) atoms. The summed E-state index contributed by atoms with van der Waals surface area (Å²) >= 11 is 0. The molecule has 0 aromatic heterocycles. The second-order valence-corrected chi connectivity index (χ2v) is 17.4. The fourth-order valence-corrected chi connectivity index (χ4v) is 12.2. The quantitative estimate of drug-likeness (QED) is 0.135. The minimum absolute atomic E-state index is 0.00519. The second-order valence-electron chi connectivity index (χ2n) is 17.4. The first-order valence-corrected chi connectivity index (χ1v) is 19.1. The molecule has 3 fully saturated rings. The SMILES string of the molecule is C[C@]12CC[C@H]3[C@]4(C=C[C@@]5(C=C4C(=O)c4cccc(C(F)(F)F)c4)CC(O)CC[C@]35C)[C@@H]1CC[C@@]2(O)CN(Cc1cccc2ccccc12)C[C@H](O)CO. The molecule has 2 spiro atoms. The summed E-state index contributed by atoms with van der Waals surface area (Å²) in [6.45, 7) is 4.81. The van der Waals surface area contributed by atoms with Gasteiger partial charge < -0.3 is 20.4 Å². The van der Waals surface area contributed by atoms with Crippen LogP contribution in [0.4, 0.5) is 13.2 Å². The Balaban J connectivity index is 1.20. The first-order chi connectivity index (χ1) is 25.1. The average molecular weight is 730 g/mol. The lowest BCUT2D eigenvalue weighted by Crippen LogP contribution is -2.67. The van der Waals surface area contributed by atoms with Gasteiger partial charge in [0.2, 0.25) is 0 Å². The molecule has 0 amide bonds. The largest absolute Gasteiger partial charge is 0.416 e. The predicted molar refractivity (Wildman–Crippen MR) is 197 cm³/mol. The van der Waals surface area contributed by atoms with Crippen LogP contribution in [-0.2, 0) is 12.7 Å². The molecule has 6 aliphatic carbocycles. The zero-order chi connectivity index (χ0) is 37.6. The van der Waals surface area contributed by atoms with E-state index in [1.54, 1.807) is 0 Å². The highest BCUT2D eigenvalue weighted by molar-refractivity contribution is 6.10. The minimum Gasteiger partial charge on any atom is -0.394 e. The number of fused-ring (bicyclic) bond motifs is 2. The Morgan fingerprint density at radius 3 is 2.40 bits per heavy atom. The second kappa shape index (κ2) is 12.6. The lowest BCUT2D eigenvalue weighted by Gasteiger charge is -2.71. The van der Waals surface area contributed by atoms with Crippen LogP contribution in [0.15, 0.2) is 90.5 Å². The molecule has 0 aliphatic heterocycles. The van der Waals surface area contributed by atoms with Crippen LogP contribution < -0.4 is 0 Å². The molecule has 0 radical (unpaired) electrons. The average Bonchev–Trinajstić information content (AvgIpc) is 3.40. The summed E-state index contributed by atoms with van der Waals surface area (Å²) in [7, 11) is 0. The third-order valence-electron chi connectivity index (χ3n) is 14.8. The summed E-state index contributed by atoms with van der Waals surface area (Å²) in [6, 6.07) is 18.9. The molecule has 1 unspecified atom stereocenters. The third-order valence-corrected chi connectivity index (χ3v) is 14.8. The van der Waals surface area contributed by atoms with E-state index in [-0.39, 0.29) is 35.9 Å². The molecular weight excluding hydrogens is 679 g/mol. The first-order valence-electron chi connectivity index (χ1n) is 19.1. The normalized spacial score (nSPS) is 36.6. The van der Waals surface area contributed by atoms with Crippen molar-refractivity contribution in [3.63, 3.8) is 0 Å². The van der Waals surface area contributed by atoms with Crippen molar-refractivity contribution >= 4 is 16.6 Å². The van der Waals surface area contributed by atoms with Gasteiger partial charge in [-0.2, -0.15) is 13.2 Å². The lowest BCUT2D eigenvalue weighted by atomic mass is 9.32. The Labute approximate surface area is 309 Å². The maximum absolute atomic E-state index is 14.8. The molecule has 0 heterocycles. The van der Waals surface area contributed by atoms with Gasteiger partial charge in [-0.25, -0.2) is 0 Å². The Morgan fingerprint density at radius 1 is 0.925 bits per heavy atom. The number of hydrogen-bond acceptors (Lipinski definition) is 6. The van der Waals surface area contributed by atoms with E-state index in [4.69, 9.17) is 0 Å². The number of carbonyl (C=O) groups is 1. The summed E-state index contributed by atoms with van der Waals surface area (Å²) in [5.41, 5.74) is -2.97. The van der Waals surface area contributed by atoms with Gasteiger partial charge in [0.25, 0.3) is 0 Å². The molecular formula is C44H50F3NO5. The van der Waals surface area contributed by atoms with Crippen molar-refractivity contribution in [3.05, 3.63) is 107 Å². The van der Waals surface area contributed by atoms with Crippen LogP contribution in [-0.4, -0.2) is 68.6 Å². The van der Waals surface area contributed by atoms with Gasteiger partial charge in [0.15, 0.2) is 5.78 Å². The van der Waals surface area contributed by atoms with E-state index in [2.05, 4.69) is 44.2 Å². The number of ketones is 1. The van der Waals surface area contributed by atoms with Crippen molar-refractivity contribution in [2.75, 3.05) is 19.7 Å². The molecule has 9 rings (SSSR count). The van der Waals surface area contributed by atoms with Crippen molar-refractivity contribution < 1.29 is 38.4 Å². The molecule has 3 saturated carbocycles. The highest BCUT2D eigenvalue weighted by atomic mass is 19.4. The fraction of sp³-hybridized carbons (Fsp3) is 0.523. The fourth-order valence-electron chi connectivity index (χ4n) is 12.2. The molecule has 3 aromatic rings. The van der Waals surface area contributed by atoms with Gasteiger partial charge >= 0.3 is 6.18 Å².